The predicted octanol–water partition coefficient (Wildman–Crippen LogP) is 1.84. The molecule has 1 aliphatic heterocycles. The number of nitrogens with one attached hydrogen (secondary N) is 1. The topological polar surface area (TPSA) is 37.4 Å². The SMILES string of the molecule is COCCNCC1CCCN(Cc2cncc(C)c2)C1. The standard InChI is InChI=1S/C16H27N3O/c1-14-8-16(11-18-9-14)13-19-6-3-4-15(12-19)10-17-5-7-20-2/h8-9,11,15,17H,3-7,10,12-13H2,1-2H3. The Bertz CT molecular complexity index is 397. The summed E-state index contributed by atoms with van der Waals surface area (Å²) >= 11 is 0. The second-order valence-electron chi connectivity index (χ2n) is 5.81. The van der Waals surface area contributed by atoms with Gasteiger partial charge in [0.15, 0.2) is 0 Å². The van der Waals surface area contributed by atoms with Crippen molar-refractivity contribution < 1.29 is 4.74 Å². The van der Waals surface area contributed by atoms with E-state index >= 15 is 0 Å². The van der Waals surface area contributed by atoms with Gasteiger partial charge in [0.05, 0.1) is 6.61 Å². The lowest BCUT2D eigenvalue weighted by atomic mass is 9.97. The van der Waals surface area contributed by atoms with E-state index in [-0.39, 0.29) is 0 Å². The van der Waals surface area contributed by atoms with Gasteiger partial charge >= 0.3 is 0 Å². The van der Waals surface area contributed by atoms with Crippen LogP contribution in [-0.2, 0) is 11.3 Å². The molecule has 4 heteroatoms. The lowest BCUT2D eigenvalue weighted by Gasteiger charge is -2.32. The van der Waals surface area contributed by atoms with Crippen LogP contribution in [-0.4, -0.2) is 49.8 Å². The first-order valence-electron chi connectivity index (χ1n) is 7.60. The van der Waals surface area contributed by atoms with Crippen molar-refractivity contribution in [1.82, 2.24) is 15.2 Å². The quantitative estimate of drug-likeness (QED) is 0.772. The average molecular weight is 277 g/mol. The van der Waals surface area contributed by atoms with E-state index in [0.29, 0.717) is 0 Å². The summed E-state index contributed by atoms with van der Waals surface area (Å²) in [6, 6.07) is 2.24. The normalized spacial score (nSPS) is 20.2. The van der Waals surface area contributed by atoms with Crippen molar-refractivity contribution in [2.75, 3.05) is 39.9 Å². The number of rotatable bonds is 7. The summed E-state index contributed by atoms with van der Waals surface area (Å²) in [5, 5.41) is 3.49. The maximum atomic E-state index is 5.06. The Hall–Kier alpha value is -0.970. The molecule has 1 fully saturated rings. The summed E-state index contributed by atoms with van der Waals surface area (Å²) in [4.78, 5) is 6.84. The third kappa shape index (κ3) is 5.19. The molecule has 0 aromatic carbocycles. The smallest absolute Gasteiger partial charge is 0.0587 e. The summed E-state index contributed by atoms with van der Waals surface area (Å²) in [7, 11) is 1.75. The maximum absolute atomic E-state index is 5.06. The third-order valence-corrected chi connectivity index (χ3v) is 3.86. The predicted molar refractivity (Wildman–Crippen MR) is 81.7 cm³/mol. The monoisotopic (exact) mass is 277 g/mol. The zero-order chi connectivity index (χ0) is 14.2. The Balaban J connectivity index is 1.75. The minimum absolute atomic E-state index is 0.762. The number of ether oxygens (including phenoxy) is 1. The van der Waals surface area contributed by atoms with E-state index in [1.54, 1.807) is 7.11 Å². The van der Waals surface area contributed by atoms with Gasteiger partial charge in [0.1, 0.15) is 0 Å². The summed E-state index contributed by atoms with van der Waals surface area (Å²) < 4.78 is 5.06. The van der Waals surface area contributed by atoms with Crippen LogP contribution in [0.15, 0.2) is 18.5 Å². The highest BCUT2D eigenvalue weighted by molar-refractivity contribution is 5.16. The highest BCUT2D eigenvalue weighted by atomic mass is 16.5. The van der Waals surface area contributed by atoms with Crippen LogP contribution in [0.5, 0.6) is 0 Å². The lowest BCUT2D eigenvalue weighted by molar-refractivity contribution is 0.159. The molecule has 0 bridgehead atoms. The molecule has 2 rings (SSSR count). The Kier molecular flexibility index (Phi) is 6.43. The molecular weight excluding hydrogens is 250 g/mol. The second kappa shape index (κ2) is 8.35. The van der Waals surface area contributed by atoms with Gasteiger partial charge in [-0.3, -0.25) is 9.88 Å². The van der Waals surface area contributed by atoms with E-state index in [0.717, 1.165) is 32.2 Å². The largest absolute Gasteiger partial charge is 0.383 e. The molecule has 0 amide bonds. The summed E-state index contributed by atoms with van der Waals surface area (Å²) in [6.07, 6.45) is 6.55. The van der Waals surface area contributed by atoms with Crippen LogP contribution < -0.4 is 5.32 Å². The number of nitrogens with zero attached hydrogens (tertiary/aromatic N) is 2. The number of aryl methyl sites for hydroxylation is 1. The molecule has 0 saturated carbocycles. The van der Waals surface area contributed by atoms with Crippen LogP contribution >= 0.6 is 0 Å². The van der Waals surface area contributed by atoms with Crippen molar-refractivity contribution in [2.45, 2.75) is 26.3 Å². The zero-order valence-corrected chi connectivity index (χ0v) is 12.8. The Morgan fingerprint density at radius 2 is 2.35 bits per heavy atom. The van der Waals surface area contributed by atoms with Gasteiger partial charge in [0, 0.05) is 39.1 Å². The molecule has 1 N–H and O–H groups in total. The Morgan fingerprint density at radius 1 is 1.45 bits per heavy atom. The Morgan fingerprint density at radius 3 is 3.15 bits per heavy atom. The van der Waals surface area contributed by atoms with Crippen molar-refractivity contribution in [2.24, 2.45) is 5.92 Å². The first-order chi connectivity index (χ1) is 9.78. The van der Waals surface area contributed by atoms with Gasteiger partial charge in [-0.25, -0.2) is 0 Å². The van der Waals surface area contributed by atoms with Crippen LogP contribution in [0.25, 0.3) is 0 Å². The van der Waals surface area contributed by atoms with E-state index in [2.05, 4.69) is 28.2 Å². The van der Waals surface area contributed by atoms with Crippen LogP contribution in [0.4, 0.5) is 0 Å². The molecular formula is C16H27N3O. The number of piperidine rings is 1. The number of likely N-dealkylation sites (tertiary alicyclic amines) is 1. The molecule has 1 aliphatic rings. The molecule has 20 heavy (non-hydrogen) atoms. The van der Waals surface area contributed by atoms with Gasteiger partial charge < -0.3 is 10.1 Å². The second-order valence-corrected chi connectivity index (χ2v) is 5.81. The average Bonchev–Trinajstić information content (AvgIpc) is 2.44. The van der Waals surface area contributed by atoms with Gasteiger partial charge in [0.25, 0.3) is 0 Å². The minimum atomic E-state index is 0.762. The Labute approximate surface area is 122 Å². The van der Waals surface area contributed by atoms with Crippen molar-refractivity contribution in [1.29, 1.82) is 0 Å². The molecule has 112 valence electrons. The minimum Gasteiger partial charge on any atom is -0.383 e. The van der Waals surface area contributed by atoms with E-state index in [1.165, 1.54) is 37.1 Å². The molecule has 2 heterocycles. The number of aromatic nitrogens is 1. The van der Waals surface area contributed by atoms with Gasteiger partial charge in [-0.2, -0.15) is 0 Å². The number of hydrogen-bond acceptors (Lipinski definition) is 4. The fraction of sp³-hybridized carbons (Fsp3) is 0.688. The summed E-state index contributed by atoms with van der Waals surface area (Å²) in [6.45, 7) is 8.39. The van der Waals surface area contributed by atoms with Crippen molar-refractivity contribution in [3.63, 3.8) is 0 Å². The molecule has 0 radical (unpaired) electrons. The highest BCUT2D eigenvalue weighted by Gasteiger charge is 2.19. The van der Waals surface area contributed by atoms with E-state index in [4.69, 9.17) is 4.74 Å². The summed E-state index contributed by atoms with van der Waals surface area (Å²) in [5.74, 6) is 0.762. The third-order valence-electron chi connectivity index (χ3n) is 3.86. The highest BCUT2D eigenvalue weighted by Crippen LogP contribution is 2.18. The lowest BCUT2D eigenvalue weighted by Crippen LogP contribution is -2.39. The van der Waals surface area contributed by atoms with Gasteiger partial charge in [-0.15, -0.1) is 0 Å². The fourth-order valence-corrected chi connectivity index (χ4v) is 2.90. The van der Waals surface area contributed by atoms with Crippen molar-refractivity contribution >= 4 is 0 Å². The molecule has 0 spiro atoms. The van der Waals surface area contributed by atoms with Crippen molar-refractivity contribution in [3.05, 3.63) is 29.6 Å². The molecule has 1 atom stereocenters. The molecule has 1 saturated heterocycles. The summed E-state index contributed by atoms with van der Waals surface area (Å²) in [5.41, 5.74) is 2.58. The number of hydrogen-bond donors (Lipinski definition) is 1. The van der Waals surface area contributed by atoms with E-state index in [9.17, 15) is 0 Å². The van der Waals surface area contributed by atoms with Crippen LogP contribution in [0.3, 0.4) is 0 Å². The van der Waals surface area contributed by atoms with Gasteiger partial charge in [0.2, 0.25) is 0 Å². The first kappa shape index (κ1) is 15.4. The molecule has 0 aliphatic carbocycles. The fourth-order valence-electron chi connectivity index (χ4n) is 2.90. The maximum Gasteiger partial charge on any atom is 0.0587 e. The van der Waals surface area contributed by atoms with E-state index < -0.39 is 0 Å². The van der Waals surface area contributed by atoms with Crippen LogP contribution in [0.1, 0.15) is 24.0 Å². The molecule has 1 unspecified atom stereocenters. The molecule has 1 aromatic heterocycles. The number of pyridine rings is 1. The van der Waals surface area contributed by atoms with Crippen LogP contribution in [0, 0.1) is 12.8 Å². The molecule has 1 aromatic rings. The molecule has 4 nitrogen and oxygen atoms in total. The van der Waals surface area contributed by atoms with Gasteiger partial charge in [-0.1, -0.05) is 6.07 Å². The van der Waals surface area contributed by atoms with Crippen LogP contribution in [0.2, 0.25) is 0 Å². The zero-order valence-electron chi connectivity index (χ0n) is 12.8. The van der Waals surface area contributed by atoms with Crippen molar-refractivity contribution in [3.8, 4) is 0 Å². The van der Waals surface area contributed by atoms with Gasteiger partial charge in [-0.05, 0) is 49.9 Å². The van der Waals surface area contributed by atoms with E-state index in [1.807, 2.05) is 12.4 Å². The first-order valence-corrected chi connectivity index (χ1v) is 7.60. The number of methoxy groups -OCH3 is 1.